The summed E-state index contributed by atoms with van der Waals surface area (Å²) in [5.74, 6) is -0.285. The molecule has 1 saturated heterocycles. The van der Waals surface area contributed by atoms with Crippen molar-refractivity contribution in [1.29, 1.82) is 0 Å². The maximum atomic E-state index is 12.5. The maximum Gasteiger partial charge on any atom is 0.414 e. The fraction of sp³-hybridized carbons (Fsp3) is 0.333. The molecule has 9 heteroatoms. The van der Waals surface area contributed by atoms with Crippen LogP contribution in [0.25, 0.3) is 10.9 Å². The van der Waals surface area contributed by atoms with Crippen LogP contribution in [0.4, 0.5) is 10.5 Å². The number of carbonyl (C=O) groups excluding carboxylic acids is 3. The predicted octanol–water partition coefficient (Wildman–Crippen LogP) is 1.71. The van der Waals surface area contributed by atoms with Gasteiger partial charge < -0.3 is 10.1 Å². The molecule has 1 aromatic carbocycles. The summed E-state index contributed by atoms with van der Waals surface area (Å²) in [4.78, 5) is 38.8. The van der Waals surface area contributed by atoms with Crippen molar-refractivity contribution in [3.63, 3.8) is 0 Å². The molecule has 0 aliphatic carbocycles. The summed E-state index contributed by atoms with van der Waals surface area (Å²) in [5.41, 5.74) is 2.03. The zero-order chi connectivity index (χ0) is 19.3. The number of cyclic esters (lactones) is 1. The molecule has 1 atom stereocenters. The number of anilines is 1. The molecule has 1 N–H and O–H groups in total. The summed E-state index contributed by atoms with van der Waals surface area (Å²) in [6, 6.07) is 7.29. The van der Waals surface area contributed by atoms with Gasteiger partial charge in [-0.2, -0.15) is 0 Å². The van der Waals surface area contributed by atoms with E-state index in [4.69, 9.17) is 17.0 Å². The normalized spacial score (nSPS) is 19.0. The number of amides is 3. The van der Waals surface area contributed by atoms with Crippen molar-refractivity contribution in [2.24, 2.45) is 0 Å². The highest BCUT2D eigenvalue weighted by atomic mass is 32.1. The summed E-state index contributed by atoms with van der Waals surface area (Å²) in [6.45, 7) is 4.44. The Hall–Kier alpha value is -2.94. The van der Waals surface area contributed by atoms with E-state index in [2.05, 4.69) is 5.32 Å². The van der Waals surface area contributed by atoms with Gasteiger partial charge in [0.15, 0.2) is 5.11 Å². The zero-order valence-corrected chi connectivity index (χ0v) is 15.7. The zero-order valence-electron chi connectivity index (χ0n) is 14.9. The number of fused-ring (bicyclic) bond motifs is 3. The molecule has 3 amide bonds. The largest absolute Gasteiger partial charge is 0.442 e. The summed E-state index contributed by atoms with van der Waals surface area (Å²) < 4.78 is 7.07. The molecule has 1 unspecified atom stereocenters. The molecule has 1 aromatic heterocycles. The first-order chi connectivity index (χ1) is 12.9. The number of rotatable bonds is 4. The molecule has 0 spiro atoms. The number of nitrogens with zero attached hydrogens (tertiary/aromatic N) is 3. The van der Waals surface area contributed by atoms with Crippen LogP contribution < -0.4 is 10.2 Å². The molecular weight excluding hydrogens is 368 g/mol. The van der Waals surface area contributed by atoms with Crippen molar-refractivity contribution < 1.29 is 19.1 Å². The first kappa shape index (κ1) is 17.5. The summed E-state index contributed by atoms with van der Waals surface area (Å²) in [5, 5.41) is 3.95. The fourth-order valence-corrected chi connectivity index (χ4v) is 3.86. The van der Waals surface area contributed by atoms with E-state index < -0.39 is 12.2 Å². The number of hydrogen-bond acceptors (Lipinski definition) is 5. The second kappa shape index (κ2) is 6.34. The van der Waals surface area contributed by atoms with Crippen molar-refractivity contribution in [3.05, 3.63) is 30.0 Å². The fourth-order valence-electron chi connectivity index (χ4n) is 3.46. The average molecular weight is 386 g/mol. The van der Waals surface area contributed by atoms with Gasteiger partial charge in [0.2, 0.25) is 5.91 Å². The van der Waals surface area contributed by atoms with Gasteiger partial charge in [-0.25, -0.2) is 4.79 Å². The van der Waals surface area contributed by atoms with Crippen molar-refractivity contribution in [1.82, 2.24) is 14.8 Å². The van der Waals surface area contributed by atoms with Crippen LogP contribution in [0.1, 0.15) is 24.3 Å². The molecule has 27 heavy (non-hydrogen) atoms. The van der Waals surface area contributed by atoms with Crippen molar-refractivity contribution in [2.75, 3.05) is 24.5 Å². The summed E-state index contributed by atoms with van der Waals surface area (Å²) >= 11 is 5.43. The van der Waals surface area contributed by atoms with E-state index in [1.54, 1.807) is 21.6 Å². The third kappa shape index (κ3) is 2.74. The second-order valence-electron chi connectivity index (χ2n) is 6.49. The van der Waals surface area contributed by atoms with E-state index in [0.717, 1.165) is 10.9 Å². The van der Waals surface area contributed by atoms with E-state index in [9.17, 15) is 14.4 Å². The van der Waals surface area contributed by atoms with Crippen LogP contribution >= 0.6 is 12.2 Å². The Bertz CT molecular complexity index is 999. The monoisotopic (exact) mass is 386 g/mol. The van der Waals surface area contributed by atoms with Gasteiger partial charge in [0.05, 0.1) is 18.6 Å². The van der Waals surface area contributed by atoms with Crippen LogP contribution in [0.3, 0.4) is 0 Å². The standard InChI is InChI=1S/C18H18N4O4S/c1-3-20-16(24)15-7-11-6-12(4-5-14(11)22(15)17(20)27)21-9-13(26-18(21)25)8-19-10(2)23/h4-7,13H,3,8-9H2,1-2H3,(H,19,23). The van der Waals surface area contributed by atoms with Crippen molar-refractivity contribution >= 4 is 51.8 Å². The minimum atomic E-state index is -0.458. The van der Waals surface area contributed by atoms with Crippen LogP contribution in [0.2, 0.25) is 0 Å². The van der Waals surface area contributed by atoms with Gasteiger partial charge >= 0.3 is 6.09 Å². The van der Waals surface area contributed by atoms with Gasteiger partial charge in [0.25, 0.3) is 5.91 Å². The molecule has 2 aromatic rings. The third-order valence-corrected chi connectivity index (χ3v) is 5.16. The molecule has 0 saturated carbocycles. The Morgan fingerprint density at radius 1 is 1.33 bits per heavy atom. The van der Waals surface area contributed by atoms with E-state index in [1.807, 2.05) is 19.1 Å². The van der Waals surface area contributed by atoms with Gasteiger partial charge in [-0.05, 0) is 43.4 Å². The number of aromatic nitrogens is 1. The maximum absolute atomic E-state index is 12.5. The van der Waals surface area contributed by atoms with Crippen LogP contribution in [0, 0.1) is 0 Å². The molecule has 2 aliphatic heterocycles. The molecule has 0 bridgehead atoms. The summed E-state index contributed by atoms with van der Waals surface area (Å²) in [6.07, 6.45) is -0.858. The Morgan fingerprint density at radius 2 is 2.11 bits per heavy atom. The van der Waals surface area contributed by atoms with E-state index >= 15 is 0 Å². The lowest BCUT2D eigenvalue weighted by Crippen LogP contribution is -2.33. The van der Waals surface area contributed by atoms with E-state index in [0.29, 0.717) is 29.6 Å². The van der Waals surface area contributed by atoms with Crippen molar-refractivity contribution in [2.45, 2.75) is 20.0 Å². The lowest BCUT2D eigenvalue weighted by atomic mass is 10.2. The van der Waals surface area contributed by atoms with Crippen LogP contribution in [0.15, 0.2) is 24.3 Å². The van der Waals surface area contributed by atoms with E-state index in [-0.39, 0.29) is 18.4 Å². The molecule has 4 rings (SSSR count). The average Bonchev–Trinajstić information content (AvgIpc) is 3.25. The first-order valence-electron chi connectivity index (χ1n) is 8.65. The molecule has 1 fully saturated rings. The Morgan fingerprint density at radius 3 is 2.81 bits per heavy atom. The molecule has 140 valence electrons. The minimum Gasteiger partial charge on any atom is -0.442 e. The lowest BCUT2D eigenvalue weighted by Gasteiger charge is -2.15. The molecular formula is C18H18N4O4S. The number of carbonyl (C=O) groups is 3. The smallest absolute Gasteiger partial charge is 0.414 e. The SMILES string of the molecule is CCN1C(=O)c2cc3cc(N4CC(CNC(C)=O)OC4=O)ccc3n2C1=S. The molecule has 2 aliphatic rings. The molecule has 8 nitrogen and oxygen atoms in total. The highest BCUT2D eigenvalue weighted by molar-refractivity contribution is 7.80. The van der Waals surface area contributed by atoms with Gasteiger partial charge in [0, 0.05) is 24.5 Å². The molecule has 0 radical (unpaired) electrons. The van der Waals surface area contributed by atoms with E-state index in [1.165, 1.54) is 11.8 Å². The molecule has 3 heterocycles. The highest BCUT2D eigenvalue weighted by Gasteiger charge is 2.35. The van der Waals surface area contributed by atoms with Crippen LogP contribution in [0.5, 0.6) is 0 Å². The Labute approximate surface area is 160 Å². The first-order valence-corrected chi connectivity index (χ1v) is 9.05. The minimum absolute atomic E-state index is 0.115. The van der Waals surface area contributed by atoms with Gasteiger partial charge in [0.1, 0.15) is 11.8 Å². The van der Waals surface area contributed by atoms with Crippen molar-refractivity contribution in [3.8, 4) is 0 Å². The summed E-state index contributed by atoms with van der Waals surface area (Å²) in [7, 11) is 0. The lowest BCUT2D eigenvalue weighted by molar-refractivity contribution is -0.119. The number of benzene rings is 1. The number of thiocarbonyl (C=S) groups is 1. The second-order valence-corrected chi connectivity index (χ2v) is 6.86. The predicted molar refractivity (Wildman–Crippen MR) is 103 cm³/mol. The Balaban J connectivity index is 1.63. The van der Waals surface area contributed by atoms with Gasteiger partial charge in [-0.3, -0.25) is 24.0 Å². The Kier molecular flexibility index (Phi) is 4.11. The highest BCUT2D eigenvalue weighted by Crippen LogP contribution is 2.31. The topological polar surface area (TPSA) is 83.9 Å². The van der Waals surface area contributed by atoms with Crippen LogP contribution in [-0.4, -0.2) is 58.2 Å². The van der Waals surface area contributed by atoms with Crippen LogP contribution in [-0.2, 0) is 9.53 Å². The number of nitrogens with one attached hydrogen (secondary N) is 1. The quantitative estimate of drug-likeness (QED) is 0.809. The number of hydrogen-bond donors (Lipinski definition) is 1. The van der Waals surface area contributed by atoms with Gasteiger partial charge in [-0.1, -0.05) is 0 Å². The number of ether oxygens (including phenoxy) is 1. The third-order valence-electron chi connectivity index (χ3n) is 4.75. The van der Waals surface area contributed by atoms with Gasteiger partial charge in [-0.15, -0.1) is 0 Å².